The summed E-state index contributed by atoms with van der Waals surface area (Å²) in [7, 11) is 0. The van der Waals surface area contributed by atoms with Crippen LogP contribution in [0.5, 0.6) is 23.0 Å². The van der Waals surface area contributed by atoms with Crippen molar-refractivity contribution in [3.05, 3.63) is 46.6 Å². The van der Waals surface area contributed by atoms with Gasteiger partial charge in [-0.25, -0.2) is 9.59 Å². The van der Waals surface area contributed by atoms with Crippen molar-refractivity contribution >= 4 is 22.9 Å². The molecule has 2 saturated heterocycles. The van der Waals surface area contributed by atoms with Crippen molar-refractivity contribution in [2.24, 2.45) is 0 Å². The SMILES string of the molecule is O=C(O)[C@H]1O[C@@H](Oc2cc(O)c3c(=O)cc(-c4ccc(O)c(O[C@@H]5O[C@H](C(=O)O)[C@@H](O)[C@H](O)[C@H]5O)c4)oc3c2)[C@H](O)[C@@H](O)[C@@H]1O. The average Bonchev–Trinajstić information content (AvgIpc) is 2.97. The molecule has 0 radical (unpaired) electrons. The maximum atomic E-state index is 12.9. The lowest BCUT2D eigenvalue weighted by Crippen LogP contribution is -2.61. The molecule has 0 amide bonds. The van der Waals surface area contributed by atoms with E-state index in [0.29, 0.717) is 0 Å². The van der Waals surface area contributed by atoms with Crippen LogP contribution in [-0.2, 0) is 19.1 Å². The predicted octanol–water partition coefficient (Wildman–Crippen LogP) is -2.59. The number of aliphatic carboxylic acids is 2. The Kier molecular flexibility index (Phi) is 8.58. The topological polar surface area (TPSA) is 304 Å². The maximum Gasteiger partial charge on any atom is 0.335 e. The number of benzene rings is 2. The first kappa shape index (κ1) is 31.9. The zero-order valence-electron chi connectivity index (χ0n) is 22.5. The lowest BCUT2D eigenvalue weighted by atomic mass is 9.99. The van der Waals surface area contributed by atoms with E-state index in [-0.39, 0.29) is 28.0 Å². The first-order valence-electron chi connectivity index (χ1n) is 13.0. The van der Waals surface area contributed by atoms with Crippen LogP contribution >= 0.6 is 0 Å². The van der Waals surface area contributed by atoms with Crippen LogP contribution in [0.3, 0.4) is 0 Å². The number of phenols is 2. The van der Waals surface area contributed by atoms with Gasteiger partial charge in [-0.2, -0.15) is 0 Å². The first-order chi connectivity index (χ1) is 21.2. The molecular weight excluding hydrogens is 612 g/mol. The minimum atomic E-state index is -1.99. The van der Waals surface area contributed by atoms with E-state index in [9.17, 15) is 65.4 Å². The second-order valence-electron chi connectivity index (χ2n) is 10.2. The number of aliphatic hydroxyl groups is 6. The first-order valence-corrected chi connectivity index (χ1v) is 13.0. The fraction of sp³-hybridized carbons (Fsp3) is 0.370. The molecule has 2 aromatic carbocycles. The van der Waals surface area contributed by atoms with Crippen LogP contribution < -0.4 is 14.9 Å². The van der Waals surface area contributed by atoms with Crippen LogP contribution in [0.2, 0.25) is 0 Å². The van der Waals surface area contributed by atoms with Crippen molar-refractivity contribution in [3.63, 3.8) is 0 Å². The van der Waals surface area contributed by atoms with Crippen LogP contribution in [-0.4, -0.2) is 124 Å². The fourth-order valence-electron chi connectivity index (χ4n) is 4.77. The van der Waals surface area contributed by atoms with Crippen LogP contribution in [0.4, 0.5) is 0 Å². The van der Waals surface area contributed by atoms with Gasteiger partial charge >= 0.3 is 11.9 Å². The van der Waals surface area contributed by atoms with E-state index >= 15 is 0 Å². The molecule has 3 heterocycles. The minimum Gasteiger partial charge on any atom is -0.507 e. The van der Waals surface area contributed by atoms with Gasteiger partial charge in [-0.05, 0) is 18.2 Å². The molecule has 0 bridgehead atoms. The normalized spacial score (nSPS) is 31.8. The van der Waals surface area contributed by atoms with Crippen LogP contribution in [0.15, 0.2) is 45.6 Å². The van der Waals surface area contributed by atoms with Crippen molar-refractivity contribution in [2.45, 2.75) is 61.4 Å². The fourth-order valence-corrected chi connectivity index (χ4v) is 4.77. The average molecular weight is 638 g/mol. The number of carbonyl (C=O) groups is 2. The molecule has 1 aromatic heterocycles. The number of phenolic OH excluding ortho intramolecular Hbond substituents is 2. The Morgan fingerprint density at radius 1 is 0.667 bits per heavy atom. The number of carboxylic acid groups (broad SMARTS) is 2. The maximum absolute atomic E-state index is 12.9. The van der Waals surface area contributed by atoms with E-state index in [1.54, 1.807) is 0 Å². The third-order valence-corrected chi connectivity index (χ3v) is 7.15. The molecule has 45 heavy (non-hydrogen) atoms. The third kappa shape index (κ3) is 5.95. The number of ether oxygens (including phenoxy) is 4. The molecule has 10 atom stereocenters. The van der Waals surface area contributed by atoms with Crippen LogP contribution in [0.25, 0.3) is 22.3 Å². The summed E-state index contributed by atoms with van der Waals surface area (Å²) in [5, 5.41) is 99.3. The highest BCUT2D eigenvalue weighted by molar-refractivity contribution is 5.86. The standard InChI is InChI=1S/C27H26O18/c28-9-2-1-7(3-13(9)43-27-21(36)17(32)19(34)23(45-27)25(39)40)12-6-11(30)15-10(29)4-8(5-14(15)42-12)41-26-20(35)16(31)18(33)22(44-26)24(37)38/h1-6,16-23,26-29,31-36H,(H,37,38)(H,39,40)/t16-,17-,18-,19-,20+,21+,22-,23-,26+,27+/m0/s1. The highest BCUT2D eigenvalue weighted by Crippen LogP contribution is 2.37. The Hall–Kier alpha value is -4.53. The molecule has 3 aromatic rings. The number of fused-ring (bicyclic) bond motifs is 1. The summed E-state index contributed by atoms with van der Waals surface area (Å²) in [6.07, 6.45) is -19.5. The van der Waals surface area contributed by atoms with E-state index in [1.165, 1.54) is 6.07 Å². The summed E-state index contributed by atoms with van der Waals surface area (Å²) in [4.78, 5) is 35.7. The Labute approximate surface area is 249 Å². The lowest BCUT2D eigenvalue weighted by molar-refractivity contribution is -0.271. The van der Waals surface area contributed by atoms with E-state index in [2.05, 4.69) is 0 Å². The van der Waals surface area contributed by atoms with E-state index in [4.69, 9.17) is 23.4 Å². The molecule has 2 aliphatic rings. The second kappa shape index (κ2) is 12.1. The van der Waals surface area contributed by atoms with Gasteiger partial charge in [0, 0.05) is 23.8 Å². The Morgan fingerprint density at radius 2 is 1.22 bits per heavy atom. The molecule has 0 spiro atoms. The van der Waals surface area contributed by atoms with Crippen molar-refractivity contribution in [1.29, 1.82) is 0 Å². The number of rotatable bonds is 7. The van der Waals surface area contributed by atoms with Gasteiger partial charge in [0.15, 0.2) is 29.1 Å². The molecule has 5 rings (SSSR count). The van der Waals surface area contributed by atoms with Gasteiger partial charge < -0.3 is 74.4 Å². The summed E-state index contributed by atoms with van der Waals surface area (Å²) >= 11 is 0. The molecule has 18 nitrogen and oxygen atoms in total. The quantitative estimate of drug-likeness (QED) is 0.127. The van der Waals surface area contributed by atoms with E-state index in [1.807, 2.05) is 0 Å². The summed E-state index contributed by atoms with van der Waals surface area (Å²) in [6.45, 7) is 0. The van der Waals surface area contributed by atoms with Gasteiger partial charge in [-0.1, -0.05) is 0 Å². The highest BCUT2D eigenvalue weighted by atomic mass is 16.7. The van der Waals surface area contributed by atoms with E-state index in [0.717, 1.165) is 30.3 Å². The van der Waals surface area contributed by atoms with Gasteiger partial charge in [-0.3, -0.25) is 4.79 Å². The van der Waals surface area contributed by atoms with Crippen LogP contribution in [0.1, 0.15) is 0 Å². The van der Waals surface area contributed by atoms with Gasteiger partial charge in [0.2, 0.25) is 12.6 Å². The smallest absolute Gasteiger partial charge is 0.335 e. The van der Waals surface area contributed by atoms with E-state index < -0.39 is 96.0 Å². The lowest BCUT2D eigenvalue weighted by Gasteiger charge is -2.38. The van der Waals surface area contributed by atoms with Gasteiger partial charge in [-0.15, -0.1) is 0 Å². The summed E-state index contributed by atoms with van der Waals surface area (Å²) < 4.78 is 26.7. The number of hydrogen-bond acceptors (Lipinski definition) is 16. The van der Waals surface area contributed by atoms with Crippen molar-refractivity contribution in [2.75, 3.05) is 0 Å². The Morgan fingerprint density at radius 3 is 1.78 bits per heavy atom. The molecular formula is C27H26O18. The Bertz CT molecular complexity index is 1670. The molecule has 242 valence electrons. The van der Waals surface area contributed by atoms with Gasteiger partial charge in [0.25, 0.3) is 0 Å². The number of aromatic hydroxyl groups is 2. The number of hydrogen-bond donors (Lipinski definition) is 10. The molecule has 18 heteroatoms. The van der Waals surface area contributed by atoms with Crippen molar-refractivity contribution in [3.8, 4) is 34.3 Å². The molecule has 2 aliphatic heterocycles. The molecule has 10 N–H and O–H groups in total. The molecule has 2 fully saturated rings. The summed E-state index contributed by atoms with van der Waals surface area (Å²) in [6, 6.07) is 6.43. The Balaban J connectivity index is 1.46. The molecule has 0 aliphatic carbocycles. The third-order valence-electron chi connectivity index (χ3n) is 7.15. The zero-order chi connectivity index (χ0) is 32.9. The minimum absolute atomic E-state index is 0.0562. The van der Waals surface area contributed by atoms with Gasteiger partial charge in [0.1, 0.15) is 64.9 Å². The van der Waals surface area contributed by atoms with Crippen LogP contribution in [0, 0.1) is 0 Å². The summed E-state index contributed by atoms with van der Waals surface area (Å²) in [5.41, 5.74) is -1.01. The molecule has 0 saturated carbocycles. The zero-order valence-corrected chi connectivity index (χ0v) is 22.5. The van der Waals surface area contributed by atoms with Gasteiger partial charge in [0.05, 0.1) is 0 Å². The number of aliphatic hydroxyl groups excluding tert-OH is 6. The second-order valence-corrected chi connectivity index (χ2v) is 10.2. The van der Waals surface area contributed by atoms with Crippen molar-refractivity contribution < 1.29 is 84.0 Å². The monoisotopic (exact) mass is 638 g/mol. The highest BCUT2D eigenvalue weighted by Gasteiger charge is 2.49. The molecule has 0 unspecified atom stereocenters. The predicted molar refractivity (Wildman–Crippen MR) is 141 cm³/mol. The number of carboxylic acids is 2. The van der Waals surface area contributed by atoms with Crippen molar-refractivity contribution in [1.82, 2.24) is 0 Å². The largest absolute Gasteiger partial charge is 0.507 e. The summed E-state index contributed by atoms with van der Waals surface area (Å²) in [5.74, 6) is -5.45.